The van der Waals surface area contributed by atoms with Crippen LogP contribution in [0.25, 0.3) is 10.9 Å². The number of para-hydroxylation sites is 1. The van der Waals surface area contributed by atoms with Crippen LogP contribution in [0.4, 0.5) is 5.82 Å². The smallest absolute Gasteiger partial charge is 0.252 e. The fraction of sp³-hybridized carbons (Fsp3) is 0.360. The third kappa shape index (κ3) is 4.56. The number of carbonyl (C=O) groups is 1. The zero-order valence-electron chi connectivity index (χ0n) is 17.7. The molecule has 156 valence electrons. The molecule has 3 aromatic rings. The van der Waals surface area contributed by atoms with Gasteiger partial charge < -0.3 is 15.0 Å². The van der Waals surface area contributed by atoms with E-state index in [1.165, 1.54) is 6.42 Å². The average Bonchev–Trinajstić information content (AvgIpc) is 2.78. The molecule has 0 aliphatic carbocycles. The molecule has 0 spiro atoms. The van der Waals surface area contributed by atoms with Crippen molar-refractivity contribution in [2.75, 3.05) is 31.6 Å². The number of piperidine rings is 1. The number of methoxy groups -OCH3 is 1. The number of hydrogen-bond donors (Lipinski definition) is 1. The highest BCUT2D eigenvalue weighted by Crippen LogP contribution is 2.26. The normalized spacial score (nSPS) is 16.5. The fourth-order valence-electron chi connectivity index (χ4n) is 4.15. The molecule has 0 bridgehead atoms. The van der Waals surface area contributed by atoms with Crippen LogP contribution in [-0.2, 0) is 6.42 Å². The number of nitrogens with one attached hydrogen (secondary N) is 1. The Morgan fingerprint density at radius 1 is 1.20 bits per heavy atom. The first-order valence-corrected chi connectivity index (χ1v) is 10.7. The van der Waals surface area contributed by atoms with E-state index < -0.39 is 0 Å². The zero-order valence-corrected chi connectivity index (χ0v) is 17.7. The topological polar surface area (TPSA) is 54.5 Å². The number of ether oxygens (including phenoxy) is 1. The number of benzene rings is 2. The maximum atomic E-state index is 13.1. The van der Waals surface area contributed by atoms with E-state index in [1.807, 2.05) is 54.6 Å². The van der Waals surface area contributed by atoms with E-state index in [4.69, 9.17) is 9.72 Å². The molecule has 1 atom stereocenters. The summed E-state index contributed by atoms with van der Waals surface area (Å²) < 4.78 is 5.28. The third-order valence-electron chi connectivity index (χ3n) is 5.76. The van der Waals surface area contributed by atoms with E-state index in [-0.39, 0.29) is 5.91 Å². The van der Waals surface area contributed by atoms with Gasteiger partial charge in [0.1, 0.15) is 11.6 Å². The molecule has 1 aliphatic heterocycles. The van der Waals surface area contributed by atoms with Crippen molar-refractivity contribution in [3.63, 3.8) is 0 Å². The minimum Gasteiger partial charge on any atom is -0.497 e. The zero-order chi connectivity index (χ0) is 20.9. The number of amides is 1. The average molecular weight is 404 g/mol. The van der Waals surface area contributed by atoms with Crippen LogP contribution in [0.5, 0.6) is 5.75 Å². The highest BCUT2D eigenvalue weighted by atomic mass is 16.5. The highest BCUT2D eigenvalue weighted by Gasteiger charge is 2.20. The Labute approximate surface area is 178 Å². The SMILES string of the molecule is COc1cccc(CCNC(=O)c2cc(N3CCCC(C)C3)nc3ccccc23)c1. The van der Waals surface area contributed by atoms with Crippen LogP contribution in [0.2, 0.25) is 0 Å². The minimum atomic E-state index is -0.0530. The van der Waals surface area contributed by atoms with Gasteiger partial charge in [-0.2, -0.15) is 0 Å². The van der Waals surface area contributed by atoms with Crippen molar-refractivity contribution in [3.05, 3.63) is 65.7 Å². The lowest BCUT2D eigenvalue weighted by molar-refractivity contribution is 0.0955. The standard InChI is InChI=1S/C25H29N3O2/c1-18-7-6-14-28(17-18)24-16-22(21-10-3-4-11-23(21)27-24)25(29)26-13-12-19-8-5-9-20(15-19)30-2/h3-5,8-11,15-16,18H,6-7,12-14,17H2,1-2H3,(H,26,29). The number of carbonyl (C=O) groups excluding carboxylic acids is 1. The summed E-state index contributed by atoms with van der Waals surface area (Å²) in [6.07, 6.45) is 3.17. The summed E-state index contributed by atoms with van der Waals surface area (Å²) in [6.45, 7) is 4.83. The maximum Gasteiger partial charge on any atom is 0.252 e. The van der Waals surface area contributed by atoms with Gasteiger partial charge in [0, 0.05) is 25.0 Å². The molecule has 1 aromatic heterocycles. The Hall–Kier alpha value is -3.08. The van der Waals surface area contributed by atoms with Crippen molar-refractivity contribution in [2.24, 2.45) is 5.92 Å². The molecule has 1 fully saturated rings. The molecular weight excluding hydrogens is 374 g/mol. The Balaban J connectivity index is 1.53. The van der Waals surface area contributed by atoms with Crippen LogP contribution >= 0.6 is 0 Å². The number of pyridine rings is 1. The Morgan fingerprint density at radius 3 is 2.90 bits per heavy atom. The second-order valence-electron chi connectivity index (χ2n) is 8.10. The molecule has 1 N–H and O–H groups in total. The largest absolute Gasteiger partial charge is 0.497 e. The summed E-state index contributed by atoms with van der Waals surface area (Å²) in [6, 6.07) is 17.8. The van der Waals surface area contributed by atoms with E-state index in [0.29, 0.717) is 18.0 Å². The molecule has 0 radical (unpaired) electrons. The Bertz CT molecular complexity index is 1030. The second kappa shape index (κ2) is 9.16. The maximum absolute atomic E-state index is 13.1. The number of aromatic nitrogens is 1. The van der Waals surface area contributed by atoms with Crippen LogP contribution < -0.4 is 15.0 Å². The molecule has 2 aromatic carbocycles. The first-order valence-electron chi connectivity index (χ1n) is 10.7. The second-order valence-corrected chi connectivity index (χ2v) is 8.10. The predicted molar refractivity (Wildman–Crippen MR) is 121 cm³/mol. The molecule has 5 heteroatoms. The van der Waals surface area contributed by atoms with Gasteiger partial charge in [-0.3, -0.25) is 4.79 Å². The molecule has 2 heterocycles. The van der Waals surface area contributed by atoms with Crippen molar-refractivity contribution < 1.29 is 9.53 Å². The number of nitrogens with zero attached hydrogens (tertiary/aromatic N) is 2. The van der Waals surface area contributed by atoms with Gasteiger partial charge in [-0.15, -0.1) is 0 Å². The predicted octanol–water partition coefficient (Wildman–Crippen LogP) is 4.45. The van der Waals surface area contributed by atoms with Crippen LogP contribution in [0.3, 0.4) is 0 Å². The lowest BCUT2D eigenvalue weighted by atomic mass is 10.00. The minimum absolute atomic E-state index is 0.0530. The van der Waals surface area contributed by atoms with Gasteiger partial charge in [0.15, 0.2) is 0 Å². The summed E-state index contributed by atoms with van der Waals surface area (Å²) >= 11 is 0. The van der Waals surface area contributed by atoms with Crippen LogP contribution in [0, 0.1) is 5.92 Å². The van der Waals surface area contributed by atoms with Crippen molar-refractivity contribution >= 4 is 22.6 Å². The summed E-state index contributed by atoms with van der Waals surface area (Å²) in [7, 11) is 1.66. The summed E-state index contributed by atoms with van der Waals surface area (Å²) in [5.41, 5.74) is 2.70. The fourth-order valence-corrected chi connectivity index (χ4v) is 4.15. The molecular formula is C25H29N3O2. The van der Waals surface area contributed by atoms with Gasteiger partial charge >= 0.3 is 0 Å². The van der Waals surface area contributed by atoms with Gasteiger partial charge in [-0.1, -0.05) is 37.3 Å². The van der Waals surface area contributed by atoms with E-state index in [9.17, 15) is 4.79 Å². The lowest BCUT2D eigenvalue weighted by Crippen LogP contribution is -2.35. The van der Waals surface area contributed by atoms with Crippen LogP contribution in [-0.4, -0.2) is 37.6 Å². The van der Waals surface area contributed by atoms with Gasteiger partial charge in [-0.25, -0.2) is 4.98 Å². The summed E-state index contributed by atoms with van der Waals surface area (Å²) in [4.78, 5) is 20.3. The number of anilines is 1. The van der Waals surface area contributed by atoms with Crippen LogP contribution in [0.1, 0.15) is 35.7 Å². The Kier molecular flexibility index (Phi) is 6.17. The molecule has 1 saturated heterocycles. The molecule has 4 rings (SSSR count). The van der Waals surface area contributed by atoms with Crippen molar-refractivity contribution in [1.82, 2.24) is 10.3 Å². The van der Waals surface area contributed by atoms with E-state index in [0.717, 1.165) is 54.0 Å². The molecule has 1 unspecified atom stereocenters. The van der Waals surface area contributed by atoms with Gasteiger partial charge in [0.2, 0.25) is 0 Å². The van der Waals surface area contributed by atoms with Crippen LogP contribution in [0.15, 0.2) is 54.6 Å². The Morgan fingerprint density at radius 2 is 2.07 bits per heavy atom. The highest BCUT2D eigenvalue weighted by molar-refractivity contribution is 6.07. The van der Waals surface area contributed by atoms with Crippen molar-refractivity contribution in [3.8, 4) is 5.75 Å². The monoisotopic (exact) mass is 403 g/mol. The van der Waals surface area contributed by atoms with Crippen molar-refractivity contribution in [2.45, 2.75) is 26.2 Å². The molecule has 0 saturated carbocycles. The molecule has 1 amide bonds. The number of rotatable bonds is 6. The van der Waals surface area contributed by atoms with E-state index in [2.05, 4.69) is 17.1 Å². The van der Waals surface area contributed by atoms with E-state index >= 15 is 0 Å². The third-order valence-corrected chi connectivity index (χ3v) is 5.76. The summed E-state index contributed by atoms with van der Waals surface area (Å²) in [5.74, 6) is 2.33. The summed E-state index contributed by atoms with van der Waals surface area (Å²) in [5, 5.41) is 3.98. The number of fused-ring (bicyclic) bond motifs is 1. The first kappa shape index (κ1) is 20.2. The van der Waals surface area contributed by atoms with Gasteiger partial charge in [0.05, 0.1) is 18.2 Å². The molecule has 5 nitrogen and oxygen atoms in total. The van der Waals surface area contributed by atoms with Gasteiger partial charge in [-0.05, 0) is 55.0 Å². The molecule has 1 aliphatic rings. The van der Waals surface area contributed by atoms with Gasteiger partial charge in [0.25, 0.3) is 5.91 Å². The lowest BCUT2D eigenvalue weighted by Gasteiger charge is -2.32. The van der Waals surface area contributed by atoms with Crippen molar-refractivity contribution in [1.29, 1.82) is 0 Å². The molecule has 30 heavy (non-hydrogen) atoms. The first-order chi connectivity index (χ1) is 14.6. The van der Waals surface area contributed by atoms with E-state index in [1.54, 1.807) is 7.11 Å². The number of hydrogen-bond acceptors (Lipinski definition) is 4. The quantitative estimate of drug-likeness (QED) is 0.661.